The van der Waals surface area contributed by atoms with Crippen molar-refractivity contribution in [3.8, 4) is 0 Å². The summed E-state index contributed by atoms with van der Waals surface area (Å²) in [6, 6.07) is 21.2. The first-order valence-corrected chi connectivity index (χ1v) is 9.24. The molecule has 1 aliphatic carbocycles. The summed E-state index contributed by atoms with van der Waals surface area (Å²) in [5.74, 6) is 0.330. The number of hydrogen-bond acceptors (Lipinski definition) is 0. The third-order valence-electron chi connectivity index (χ3n) is 4.65. The van der Waals surface area contributed by atoms with Gasteiger partial charge in [-0.15, -0.1) is 25.1 Å². The van der Waals surface area contributed by atoms with Gasteiger partial charge >= 0.3 is 37.7 Å². The van der Waals surface area contributed by atoms with Gasteiger partial charge in [-0.2, -0.15) is 17.7 Å². The Kier molecular flexibility index (Phi) is 10.1. The van der Waals surface area contributed by atoms with E-state index in [9.17, 15) is 0 Å². The summed E-state index contributed by atoms with van der Waals surface area (Å²) in [6.45, 7) is 7.60. The fourth-order valence-corrected chi connectivity index (χ4v) is 3.22. The van der Waals surface area contributed by atoms with Crippen molar-refractivity contribution in [2.45, 2.75) is 33.2 Å². The van der Waals surface area contributed by atoms with Crippen molar-refractivity contribution in [3.05, 3.63) is 119 Å². The molecule has 1 nitrogen and oxygen atoms in total. The minimum Gasteiger partial charge on any atom is -0.725 e. The van der Waals surface area contributed by atoms with Gasteiger partial charge in [0.2, 0.25) is 0 Å². The zero-order chi connectivity index (χ0) is 18.4. The van der Waals surface area contributed by atoms with E-state index < -0.39 is 0 Å². The Labute approximate surface area is 194 Å². The summed E-state index contributed by atoms with van der Waals surface area (Å²) in [7, 11) is 0. The van der Waals surface area contributed by atoms with E-state index in [4.69, 9.17) is 5.32 Å². The summed E-state index contributed by atoms with van der Waals surface area (Å²) >= 11 is 0. The second kappa shape index (κ2) is 11.5. The second-order valence-corrected chi connectivity index (χ2v) is 7.78. The first-order valence-electron chi connectivity index (χ1n) is 9.24. The van der Waals surface area contributed by atoms with Crippen molar-refractivity contribution in [2.75, 3.05) is 0 Å². The van der Waals surface area contributed by atoms with Crippen LogP contribution in [0.1, 0.15) is 37.8 Å². The molecule has 1 unspecified atom stereocenters. The zero-order valence-corrected chi connectivity index (χ0v) is 17.9. The molecule has 0 radical (unpaired) electrons. The first-order chi connectivity index (χ1) is 12.5. The normalized spacial score (nSPS) is 15.5. The van der Waals surface area contributed by atoms with Crippen LogP contribution in [-0.2, 0) is 6.54 Å². The van der Waals surface area contributed by atoms with Crippen LogP contribution in [-0.4, -0.2) is 0 Å². The molecule has 1 atom stereocenters. The molecule has 0 aliphatic heterocycles. The Hall–Kier alpha value is -1.48. The van der Waals surface area contributed by atoms with E-state index in [0.717, 1.165) is 5.70 Å². The van der Waals surface area contributed by atoms with E-state index in [1.54, 1.807) is 0 Å². The van der Waals surface area contributed by atoms with Crippen LogP contribution < -0.4 is 37.7 Å². The van der Waals surface area contributed by atoms with Gasteiger partial charge in [-0.05, 0) is 16.9 Å². The molecule has 0 aromatic heterocycles. The van der Waals surface area contributed by atoms with E-state index in [1.165, 1.54) is 16.7 Å². The van der Waals surface area contributed by atoms with Gasteiger partial charge in [-0.1, -0.05) is 87.0 Å². The minimum atomic E-state index is 0. The number of rotatable bonds is 5. The summed E-state index contributed by atoms with van der Waals surface area (Å²) < 4.78 is 0. The molecule has 0 bridgehead atoms. The molecule has 2 aromatic carbocycles. The minimum absolute atomic E-state index is 0. The Balaban J connectivity index is 0.00000196. The van der Waals surface area contributed by atoms with Crippen LogP contribution in [0, 0.1) is 11.8 Å². The largest absolute Gasteiger partial charge is 1.00 e. The van der Waals surface area contributed by atoms with Gasteiger partial charge in [-0.25, -0.2) is 5.70 Å². The Morgan fingerprint density at radius 3 is 2.14 bits per heavy atom. The van der Waals surface area contributed by atoms with Gasteiger partial charge in [0.15, 0.2) is 0 Å². The average molecular weight is 355 g/mol. The van der Waals surface area contributed by atoms with Gasteiger partial charge in [0.1, 0.15) is 0 Å². The molecule has 3 heteroatoms. The monoisotopic (exact) mass is 355 g/mol. The molecule has 0 spiro atoms. The molecule has 3 rings (SSSR count). The van der Waals surface area contributed by atoms with Gasteiger partial charge in [0.25, 0.3) is 0 Å². The summed E-state index contributed by atoms with van der Waals surface area (Å²) in [4.78, 5) is 0. The van der Waals surface area contributed by atoms with Crippen molar-refractivity contribution in [1.29, 1.82) is 0 Å². The quantitative estimate of drug-likeness (QED) is 0.561. The average Bonchev–Trinajstić information content (AvgIpc) is 2.66. The first kappa shape index (κ1) is 24.6. The second-order valence-electron chi connectivity index (χ2n) is 7.78. The predicted octanol–water partition coefficient (Wildman–Crippen LogP) is 0.983. The molecule has 0 amide bonds. The molecular weight excluding hydrogens is 328 g/mol. The Bertz CT molecular complexity index is 799. The maximum Gasteiger partial charge on any atom is 1.00 e. The molecule has 0 N–H and O–H groups in total. The maximum absolute atomic E-state index is 4.87. The topological polar surface area (TPSA) is 14.1 Å². The van der Waals surface area contributed by atoms with E-state index in [0.29, 0.717) is 12.5 Å². The predicted molar refractivity (Wildman–Crippen MR) is 112 cm³/mol. The van der Waals surface area contributed by atoms with E-state index in [1.807, 2.05) is 6.07 Å². The number of benzene rings is 2. The van der Waals surface area contributed by atoms with Crippen LogP contribution in [0.4, 0.5) is 0 Å². The van der Waals surface area contributed by atoms with Crippen molar-refractivity contribution in [3.63, 3.8) is 0 Å². The fourth-order valence-electron chi connectivity index (χ4n) is 3.22. The van der Waals surface area contributed by atoms with Gasteiger partial charge < -0.3 is 5.32 Å². The molecule has 1 aliphatic rings. The smallest absolute Gasteiger partial charge is 0.725 e. The number of nitrogens with zero attached hydrogens (tertiary/aromatic N) is 1. The Morgan fingerprint density at radius 2 is 1.54 bits per heavy atom. The van der Waals surface area contributed by atoms with Crippen LogP contribution in [0.3, 0.4) is 0 Å². The van der Waals surface area contributed by atoms with E-state index in [2.05, 4.69) is 106 Å². The van der Waals surface area contributed by atoms with Crippen molar-refractivity contribution < 1.29 is 37.7 Å². The molecule has 0 fully saturated rings. The molecule has 28 heavy (non-hydrogen) atoms. The molecule has 0 saturated heterocycles. The Morgan fingerprint density at radius 1 is 0.929 bits per heavy atom. The third-order valence-corrected chi connectivity index (χ3v) is 4.65. The summed E-state index contributed by atoms with van der Waals surface area (Å²) in [6.07, 6.45) is 10.8. The van der Waals surface area contributed by atoms with Crippen LogP contribution in [0.5, 0.6) is 0 Å². The SMILES string of the molecule is CC(C)(C)C(/C=C1\[CH-]C=CC=C1[N-]Cc1ccccc1)c1ccccc1.[Li+].[Li+]. The van der Waals surface area contributed by atoms with Gasteiger partial charge in [0.05, 0.1) is 0 Å². The van der Waals surface area contributed by atoms with Crippen molar-refractivity contribution >= 4 is 0 Å². The van der Waals surface area contributed by atoms with Gasteiger partial charge in [-0.3, -0.25) is 0 Å². The van der Waals surface area contributed by atoms with Crippen LogP contribution in [0.15, 0.2) is 96.2 Å². The maximum atomic E-state index is 4.87. The van der Waals surface area contributed by atoms with Crippen LogP contribution >= 0.6 is 0 Å². The molecule has 134 valence electrons. The zero-order valence-electron chi connectivity index (χ0n) is 17.9. The molecule has 0 heterocycles. The molecule has 2 aromatic rings. The summed E-state index contributed by atoms with van der Waals surface area (Å²) in [5.41, 5.74) is 4.97. The molecule has 0 saturated carbocycles. The number of hydrogen-bond donors (Lipinski definition) is 0. The molecular formula is C25H27Li2N. The van der Waals surface area contributed by atoms with Crippen LogP contribution in [0.25, 0.3) is 5.32 Å². The third kappa shape index (κ3) is 6.85. The van der Waals surface area contributed by atoms with E-state index in [-0.39, 0.29) is 43.1 Å². The standard InChI is InChI=1S/C25H27N.2Li/c1-25(2,3)23(21-14-8-5-9-15-21)18-22-16-10-11-17-24(22)26-19-20-12-6-4-7-13-20;;/h4-18,23H,19H2,1-3H3;;/q-2;2*+1/b22-18+;;. The van der Waals surface area contributed by atoms with Crippen molar-refractivity contribution in [1.82, 2.24) is 0 Å². The van der Waals surface area contributed by atoms with E-state index >= 15 is 0 Å². The summed E-state index contributed by atoms with van der Waals surface area (Å²) in [5, 5.41) is 4.87. The fraction of sp³-hybridized carbons (Fsp3) is 0.240. The van der Waals surface area contributed by atoms with Crippen LogP contribution in [0.2, 0.25) is 0 Å². The number of allylic oxidation sites excluding steroid dienone is 5. The van der Waals surface area contributed by atoms with Gasteiger partial charge in [0, 0.05) is 0 Å². The van der Waals surface area contributed by atoms with Crippen molar-refractivity contribution in [2.24, 2.45) is 5.41 Å².